The van der Waals surface area contributed by atoms with Crippen molar-refractivity contribution in [2.75, 3.05) is 39.9 Å². The van der Waals surface area contributed by atoms with Crippen LogP contribution >= 0.6 is 12.4 Å². The number of ether oxygens (including phenoxy) is 1. The number of amides is 1. The first-order valence-electron chi connectivity index (χ1n) is 8.14. The van der Waals surface area contributed by atoms with E-state index in [1.807, 2.05) is 4.90 Å². The van der Waals surface area contributed by atoms with Gasteiger partial charge in [0.1, 0.15) is 0 Å². The standard InChI is InChI=1S/C18H28N2O2.ClH/c1-18(9-8-16-6-4-3-5-7-16)10-12-20(15-18)17(21)14-19-11-13-22-2;/h3-7,19H,8-15H2,1-2H3;1H. The highest BCUT2D eigenvalue weighted by Gasteiger charge is 2.35. The van der Waals surface area contributed by atoms with Gasteiger partial charge < -0.3 is 15.0 Å². The average molecular weight is 341 g/mol. The van der Waals surface area contributed by atoms with Gasteiger partial charge in [-0.25, -0.2) is 0 Å². The van der Waals surface area contributed by atoms with Gasteiger partial charge in [-0.05, 0) is 30.2 Å². The number of rotatable bonds is 8. The molecule has 1 heterocycles. The fourth-order valence-corrected chi connectivity index (χ4v) is 3.01. The second-order valence-corrected chi connectivity index (χ2v) is 6.53. The maximum atomic E-state index is 12.2. The van der Waals surface area contributed by atoms with Crippen LogP contribution in [0.1, 0.15) is 25.3 Å². The Morgan fingerprint density at radius 2 is 2.09 bits per heavy atom. The first-order chi connectivity index (χ1) is 10.6. The number of carbonyl (C=O) groups is 1. The number of halogens is 1. The molecule has 23 heavy (non-hydrogen) atoms. The molecule has 1 aromatic rings. The quantitative estimate of drug-likeness (QED) is 0.739. The van der Waals surface area contributed by atoms with E-state index in [0.29, 0.717) is 13.2 Å². The Balaban J connectivity index is 0.00000264. The van der Waals surface area contributed by atoms with Crippen molar-refractivity contribution in [3.8, 4) is 0 Å². The molecule has 5 heteroatoms. The van der Waals surface area contributed by atoms with E-state index in [1.165, 1.54) is 5.56 Å². The molecule has 0 bridgehead atoms. The number of hydrogen-bond donors (Lipinski definition) is 1. The lowest BCUT2D eigenvalue weighted by Crippen LogP contribution is -2.38. The summed E-state index contributed by atoms with van der Waals surface area (Å²) in [5.74, 6) is 0.208. The lowest BCUT2D eigenvalue weighted by Gasteiger charge is -2.25. The van der Waals surface area contributed by atoms with Crippen LogP contribution in [0.15, 0.2) is 30.3 Å². The maximum absolute atomic E-state index is 12.2. The molecule has 130 valence electrons. The molecule has 1 aromatic carbocycles. The number of carbonyl (C=O) groups excluding carboxylic acids is 1. The number of benzene rings is 1. The molecule has 1 fully saturated rings. The van der Waals surface area contributed by atoms with Gasteiger partial charge in [0.15, 0.2) is 0 Å². The van der Waals surface area contributed by atoms with E-state index in [9.17, 15) is 4.79 Å². The zero-order valence-electron chi connectivity index (χ0n) is 14.2. The van der Waals surface area contributed by atoms with E-state index in [2.05, 4.69) is 42.6 Å². The Labute approximate surface area is 146 Å². The summed E-state index contributed by atoms with van der Waals surface area (Å²) in [6.07, 6.45) is 3.33. The molecule has 1 N–H and O–H groups in total. The van der Waals surface area contributed by atoms with Crippen molar-refractivity contribution in [1.82, 2.24) is 10.2 Å². The molecule has 0 spiro atoms. The Bertz CT molecular complexity index is 469. The zero-order valence-corrected chi connectivity index (χ0v) is 15.0. The van der Waals surface area contributed by atoms with E-state index in [1.54, 1.807) is 7.11 Å². The van der Waals surface area contributed by atoms with Crippen LogP contribution in [-0.2, 0) is 16.0 Å². The van der Waals surface area contributed by atoms with Crippen molar-refractivity contribution in [2.24, 2.45) is 5.41 Å². The van der Waals surface area contributed by atoms with Crippen LogP contribution in [0.25, 0.3) is 0 Å². The Kier molecular flexibility index (Phi) is 8.59. The summed E-state index contributed by atoms with van der Waals surface area (Å²) in [5.41, 5.74) is 1.63. The normalized spacial score (nSPS) is 20.3. The molecule has 0 aliphatic carbocycles. The largest absolute Gasteiger partial charge is 0.383 e. The van der Waals surface area contributed by atoms with Gasteiger partial charge >= 0.3 is 0 Å². The molecule has 1 aliphatic rings. The molecule has 4 nitrogen and oxygen atoms in total. The van der Waals surface area contributed by atoms with Crippen molar-refractivity contribution in [2.45, 2.75) is 26.2 Å². The molecule has 0 radical (unpaired) electrons. The first kappa shape index (κ1) is 19.9. The molecule has 0 saturated carbocycles. The summed E-state index contributed by atoms with van der Waals surface area (Å²) >= 11 is 0. The molecule has 1 aliphatic heterocycles. The summed E-state index contributed by atoms with van der Waals surface area (Å²) in [6, 6.07) is 10.6. The van der Waals surface area contributed by atoms with Crippen molar-refractivity contribution < 1.29 is 9.53 Å². The predicted octanol–water partition coefficient (Wildman–Crippen LogP) is 2.52. The van der Waals surface area contributed by atoms with Crippen molar-refractivity contribution in [1.29, 1.82) is 0 Å². The predicted molar refractivity (Wildman–Crippen MR) is 96.1 cm³/mol. The van der Waals surface area contributed by atoms with Crippen LogP contribution in [0, 0.1) is 5.41 Å². The fourth-order valence-electron chi connectivity index (χ4n) is 3.01. The molecule has 1 atom stereocenters. The Morgan fingerprint density at radius 3 is 2.78 bits per heavy atom. The van der Waals surface area contributed by atoms with Crippen LogP contribution in [-0.4, -0.2) is 50.7 Å². The minimum Gasteiger partial charge on any atom is -0.383 e. The average Bonchev–Trinajstić information content (AvgIpc) is 2.94. The first-order valence-corrected chi connectivity index (χ1v) is 8.14. The fraction of sp³-hybridized carbons (Fsp3) is 0.611. The Morgan fingerprint density at radius 1 is 1.35 bits per heavy atom. The van der Waals surface area contributed by atoms with Gasteiger partial charge in [-0.3, -0.25) is 4.79 Å². The monoisotopic (exact) mass is 340 g/mol. The van der Waals surface area contributed by atoms with Crippen molar-refractivity contribution in [3.63, 3.8) is 0 Å². The zero-order chi connectivity index (χ0) is 15.8. The number of methoxy groups -OCH3 is 1. The van der Waals surface area contributed by atoms with Crippen molar-refractivity contribution in [3.05, 3.63) is 35.9 Å². The van der Waals surface area contributed by atoms with E-state index in [0.717, 1.165) is 38.9 Å². The third-order valence-electron chi connectivity index (χ3n) is 4.53. The third kappa shape index (κ3) is 6.50. The lowest BCUT2D eigenvalue weighted by molar-refractivity contribution is -0.129. The van der Waals surface area contributed by atoms with Crippen LogP contribution in [0.3, 0.4) is 0 Å². The van der Waals surface area contributed by atoms with Crippen molar-refractivity contribution >= 4 is 18.3 Å². The van der Waals surface area contributed by atoms with Crippen LogP contribution in [0.4, 0.5) is 0 Å². The van der Waals surface area contributed by atoms with E-state index in [4.69, 9.17) is 4.74 Å². The van der Waals surface area contributed by atoms with E-state index in [-0.39, 0.29) is 23.7 Å². The van der Waals surface area contributed by atoms with Gasteiger partial charge in [0.25, 0.3) is 0 Å². The SMILES string of the molecule is COCCNCC(=O)N1CCC(C)(CCc2ccccc2)C1.Cl. The highest BCUT2D eigenvalue weighted by molar-refractivity contribution is 5.85. The number of nitrogens with one attached hydrogen (secondary N) is 1. The highest BCUT2D eigenvalue weighted by atomic mass is 35.5. The van der Waals surface area contributed by atoms with Gasteiger partial charge in [0.2, 0.25) is 5.91 Å². The second kappa shape index (κ2) is 9.91. The molecular formula is C18H29ClN2O2. The van der Waals surface area contributed by atoms with Gasteiger partial charge in [-0.15, -0.1) is 12.4 Å². The van der Waals surface area contributed by atoms with E-state index < -0.39 is 0 Å². The summed E-state index contributed by atoms with van der Waals surface area (Å²) in [7, 11) is 1.67. The smallest absolute Gasteiger partial charge is 0.236 e. The number of likely N-dealkylation sites (tertiary alicyclic amines) is 1. The highest BCUT2D eigenvalue weighted by Crippen LogP contribution is 2.34. The number of aryl methyl sites for hydroxylation is 1. The van der Waals surface area contributed by atoms with Gasteiger partial charge in [0.05, 0.1) is 13.2 Å². The summed E-state index contributed by atoms with van der Waals surface area (Å²) < 4.78 is 4.97. The summed E-state index contributed by atoms with van der Waals surface area (Å²) in [6.45, 7) is 5.85. The lowest BCUT2D eigenvalue weighted by atomic mass is 9.83. The van der Waals surface area contributed by atoms with Gasteiger partial charge in [-0.1, -0.05) is 37.3 Å². The summed E-state index contributed by atoms with van der Waals surface area (Å²) in [4.78, 5) is 14.2. The maximum Gasteiger partial charge on any atom is 0.236 e. The van der Waals surface area contributed by atoms with Crippen LogP contribution in [0.2, 0.25) is 0 Å². The van der Waals surface area contributed by atoms with E-state index >= 15 is 0 Å². The summed E-state index contributed by atoms with van der Waals surface area (Å²) in [5, 5.41) is 3.13. The second-order valence-electron chi connectivity index (χ2n) is 6.53. The topological polar surface area (TPSA) is 41.6 Å². The van der Waals surface area contributed by atoms with Crippen LogP contribution < -0.4 is 5.32 Å². The molecule has 2 rings (SSSR count). The van der Waals surface area contributed by atoms with Gasteiger partial charge in [0, 0.05) is 26.7 Å². The molecule has 1 amide bonds. The number of hydrogen-bond acceptors (Lipinski definition) is 3. The van der Waals surface area contributed by atoms with Crippen LogP contribution in [0.5, 0.6) is 0 Å². The third-order valence-corrected chi connectivity index (χ3v) is 4.53. The molecular weight excluding hydrogens is 312 g/mol. The molecule has 1 unspecified atom stereocenters. The minimum atomic E-state index is 0. The van der Waals surface area contributed by atoms with Gasteiger partial charge in [-0.2, -0.15) is 0 Å². The molecule has 1 saturated heterocycles. The number of nitrogens with zero attached hydrogens (tertiary/aromatic N) is 1. The Hall–Kier alpha value is -1.10. The minimum absolute atomic E-state index is 0. The molecule has 0 aromatic heterocycles.